The summed E-state index contributed by atoms with van der Waals surface area (Å²) in [5.74, 6) is 0. The molecule has 0 spiro atoms. The van der Waals surface area contributed by atoms with E-state index in [1.54, 1.807) is 6.92 Å². The highest BCUT2D eigenvalue weighted by Gasteiger charge is 2.52. The van der Waals surface area contributed by atoms with Gasteiger partial charge < -0.3 is 9.84 Å². The van der Waals surface area contributed by atoms with E-state index in [1.807, 2.05) is 13.8 Å². The molecular formula is C6H12O2. The third-order valence-corrected chi connectivity index (χ3v) is 2.01. The van der Waals surface area contributed by atoms with E-state index in [4.69, 9.17) is 9.84 Å². The van der Waals surface area contributed by atoms with Gasteiger partial charge in [0.15, 0.2) is 0 Å². The molecule has 1 saturated heterocycles. The van der Waals surface area contributed by atoms with Gasteiger partial charge in [-0.15, -0.1) is 0 Å². The van der Waals surface area contributed by atoms with Crippen molar-refractivity contribution in [3.05, 3.63) is 0 Å². The van der Waals surface area contributed by atoms with E-state index < -0.39 is 0 Å². The van der Waals surface area contributed by atoms with Gasteiger partial charge in [0.05, 0.1) is 12.2 Å². The zero-order chi connectivity index (χ0) is 6.36. The maximum absolute atomic E-state index is 9.00. The number of hydrogen-bond donors (Lipinski definition) is 1. The van der Waals surface area contributed by atoms with Gasteiger partial charge in [-0.2, -0.15) is 0 Å². The summed E-state index contributed by atoms with van der Waals surface area (Å²) in [5.41, 5.74) is -0.236. The normalized spacial score (nSPS) is 48.8. The second-order valence-corrected chi connectivity index (χ2v) is 2.62. The maximum Gasteiger partial charge on any atom is 0.117 e. The van der Waals surface area contributed by atoms with Gasteiger partial charge in [-0.1, -0.05) is 0 Å². The molecule has 1 aliphatic heterocycles. The smallest absolute Gasteiger partial charge is 0.117 e. The molecular weight excluding hydrogens is 104 g/mol. The Morgan fingerprint density at radius 3 is 2.12 bits per heavy atom. The van der Waals surface area contributed by atoms with Crippen LogP contribution in [0, 0.1) is 0 Å². The fraction of sp³-hybridized carbons (Fsp3) is 1.00. The SMILES string of the molecule is C[C@@H]1O[C@]1(C)[C@@H](C)O. The lowest BCUT2D eigenvalue weighted by Crippen LogP contribution is -2.24. The fourth-order valence-corrected chi connectivity index (χ4v) is 0.785. The Morgan fingerprint density at radius 1 is 1.75 bits per heavy atom. The Hall–Kier alpha value is -0.0800. The highest BCUT2D eigenvalue weighted by Crippen LogP contribution is 2.38. The van der Waals surface area contributed by atoms with Crippen molar-refractivity contribution in [3.8, 4) is 0 Å². The van der Waals surface area contributed by atoms with Crippen molar-refractivity contribution >= 4 is 0 Å². The van der Waals surface area contributed by atoms with Crippen molar-refractivity contribution in [2.45, 2.75) is 38.6 Å². The summed E-state index contributed by atoms with van der Waals surface area (Å²) >= 11 is 0. The first-order valence-corrected chi connectivity index (χ1v) is 2.93. The molecule has 1 heterocycles. The number of rotatable bonds is 1. The average molecular weight is 116 g/mol. The van der Waals surface area contributed by atoms with E-state index in [1.165, 1.54) is 0 Å². The standard InChI is InChI=1S/C6H12O2/c1-4(7)6(3)5(2)8-6/h4-5,7H,1-3H3/t4-,5+,6-/m1/s1. The highest BCUT2D eigenvalue weighted by atomic mass is 16.6. The highest BCUT2D eigenvalue weighted by molar-refractivity contribution is 4.99. The van der Waals surface area contributed by atoms with Crippen LogP contribution in [0.2, 0.25) is 0 Å². The van der Waals surface area contributed by atoms with E-state index in [-0.39, 0.29) is 17.8 Å². The van der Waals surface area contributed by atoms with E-state index >= 15 is 0 Å². The van der Waals surface area contributed by atoms with E-state index in [9.17, 15) is 0 Å². The van der Waals surface area contributed by atoms with Crippen molar-refractivity contribution in [2.24, 2.45) is 0 Å². The first kappa shape index (κ1) is 6.05. The van der Waals surface area contributed by atoms with E-state index in [0.717, 1.165) is 0 Å². The quantitative estimate of drug-likeness (QED) is 0.507. The monoisotopic (exact) mass is 116 g/mol. The lowest BCUT2D eigenvalue weighted by Gasteiger charge is -2.06. The molecule has 0 aromatic rings. The van der Waals surface area contributed by atoms with Gasteiger partial charge in [0, 0.05) is 0 Å². The van der Waals surface area contributed by atoms with Crippen molar-refractivity contribution in [2.75, 3.05) is 0 Å². The minimum Gasteiger partial charge on any atom is -0.390 e. The second kappa shape index (κ2) is 1.45. The first-order chi connectivity index (χ1) is 3.57. The van der Waals surface area contributed by atoms with Crippen LogP contribution < -0.4 is 0 Å². The van der Waals surface area contributed by atoms with Gasteiger partial charge in [-0.05, 0) is 20.8 Å². The van der Waals surface area contributed by atoms with Crippen LogP contribution in [-0.2, 0) is 4.74 Å². The molecule has 1 rings (SSSR count). The molecule has 0 aromatic heterocycles. The van der Waals surface area contributed by atoms with E-state index in [0.29, 0.717) is 0 Å². The van der Waals surface area contributed by atoms with Gasteiger partial charge in [0.1, 0.15) is 5.60 Å². The zero-order valence-electron chi connectivity index (χ0n) is 5.51. The predicted molar refractivity (Wildman–Crippen MR) is 30.6 cm³/mol. The Labute approximate surface area is 49.5 Å². The molecule has 0 aliphatic carbocycles. The van der Waals surface area contributed by atoms with E-state index in [2.05, 4.69) is 0 Å². The molecule has 2 nitrogen and oxygen atoms in total. The Bertz CT molecular complexity index is 101. The molecule has 0 amide bonds. The molecule has 0 bridgehead atoms. The largest absolute Gasteiger partial charge is 0.390 e. The summed E-state index contributed by atoms with van der Waals surface area (Å²) in [6, 6.07) is 0. The Kier molecular flexibility index (Phi) is 1.10. The van der Waals surface area contributed by atoms with Crippen LogP contribution >= 0.6 is 0 Å². The second-order valence-electron chi connectivity index (χ2n) is 2.62. The van der Waals surface area contributed by atoms with Gasteiger partial charge in [-0.25, -0.2) is 0 Å². The van der Waals surface area contributed by atoms with Crippen LogP contribution in [0.25, 0.3) is 0 Å². The van der Waals surface area contributed by atoms with Crippen LogP contribution in [0.15, 0.2) is 0 Å². The molecule has 8 heavy (non-hydrogen) atoms. The van der Waals surface area contributed by atoms with Crippen molar-refractivity contribution in [3.63, 3.8) is 0 Å². The summed E-state index contributed by atoms with van der Waals surface area (Å²) in [6.45, 7) is 5.64. The summed E-state index contributed by atoms with van der Waals surface area (Å²) < 4.78 is 5.12. The molecule has 1 aliphatic rings. The average Bonchev–Trinajstić information content (AvgIpc) is 2.17. The van der Waals surface area contributed by atoms with Crippen LogP contribution in [0.5, 0.6) is 0 Å². The number of aliphatic hydroxyl groups excluding tert-OH is 1. The van der Waals surface area contributed by atoms with Crippen molar-refractivity contribution < 1.29 is 9.84 Å². The van der Waals surface area contributed by atoms with Crippen LogP contribution in [-0.4, -0.2) is 22.9 Å². The minimum absolute atomic E-state index is 0.236. The third-order valence-electron chi connectivity index (χ3n) is 2.01. The summed E-state index contributed by atoms with van der Waals surface area (Å²) in [7, 11) is 0. The van der Waals surface area contributed by atoms with Gasteiger partial charge >= 0.3 is 0 Å². The van der Waals surface area contributed by atoms with Crippen LogP contribution in [0.4, 0.5) is 0 Å². The topological polar surface area (TPSA) is 32.8 Å². The fourth-order valence-electron chi connectivity index (χ4n) is 0.785. The van der Waals surface area contributed by atoms with Gasteiger partial charge in [0.25, 0.3) is 0 Å². The molecule has 0 aromatic carbocycles. The number of aliphatic hydroxyl groups is 1. The molecule has 48 valence electrons. The summed E-state index contributed by atoms with van der Waals surface area (Å²) in [5, 5.41) is 9.00. The predicted octanol–water partition coefficient (Wildman–Crippen LogP) is 0.545. The number of ether oxygens (including phenoxy) is 1. The molecule has 3 atom stereocenters. The third kappa shape index (κ3) is 0.644. The molecule has 2 heteroatoms. The number of hydrogen-bond acceptors (Lipinski definition) is 2. The maximum atomic E-state index is 9.00. The Morgan fingerprint density at radius 2 is 2.12 bits per heavy atom. The van der Waals surface area contributed by atoms with Gasteiger partial charge in [-0.3, -0.25) is 0 Å². The molecule has 0 unspecified atom stereocenters. The lowest BCUT2D eigenvalue weighted by atomic mass is 10.0. The van der Waals surface area contributed by atoms with Crippen LogP contribution in [0.3, 0.4) is 0 Å². The van der Waals surface area contributed by atoms with Gasteiger partial charge in [0.2, 0.25) is 0 Å². The summed E-state index contributed by atoms with van der Waals surface area (Å²) in [4.78, 5) is 0. The molecule has 0 radical (unpaired) electrons. The molecule has 1 N–H and O–H groups in total. The number of epoxide rings is 1. The molecule has 0 saturated carbocycles. The zero-order valence-corrected chi connectivity index (χ0v) is 5.51. The van der Waals surface area contributed by atoms with Crippen molar-refractivity contribution in [1.29, 1.82) is 0 Å². The molecule has 1 fully saturated rings. The lowest BCUT2D eigenvalue weighted by molar-refractivity contribution is 0.101. The minimum atomic E-state index is -0.336. The Balaban J connectivity index is 2.47. The van der Waals surface area contributed by atoms with Crippen LogP contribution in [0.1, 0.15) is 20.8 Å². The first-order valence-electron chi connectivity index (χ1n) is 2.93. The van der Waals surface area contributed by atoms with Crippen molar-refractivity contribution in [1.82, 2.24) is 0 Å². The summed E-state index contributed by atoms with van der Waals surface area (Å²) in [6.07, 6.45) is -0.0972.